The van der Waals surface area contributed by atoms with Crippen LogP contribution in [0.4, 0.5) is 0 Å². The Labute approximate surface area is 175 Å². The number of nitrogens with zero attached hydrogens (tertiary/aromatic N) is 3. The van der Waals surface area contributed by atoms with Crippen molar-refractivity contribution in [2.45, 2.75) is 46.1 Å². The summed E-state index contributed by atoms with van der Waals surface area (Å²) in [5, 5.41) is 14.5. The number of aryl methyl sites for hydroxylation is 2. The zero-order valence-electron chi connectivity index (χ0n) is 17.7. The molecule has 0 aliphatic rings. The van der Waals surface area contributed by atoms with E-state index in [-0.39, 0.29) is 17.6 Å². The third kappa shape index (κ3) is 5.96. The maximum absolute atomic E-state index is 12.4. The molecule has 1 aromatic carbocycles. The lowest BCUT2D eigenvalue weighted by molar-refractivity contribution is -0.137. The standard InChI is InChI=1S/C21H29N5O4/c1-14-11-16-17(12-15(14)2)26(10-9-23-8-6-4-5-7-18(28)29)20(24-13-27)19(25-16)21(30)22-3/h11-13,23H,4-10H2,1-3H3,(H,22,30)(H,28,29). The predicted molar refractivity (Wildman–Crippen MR) is 113 cm³/mol. The van der Waals surface area contributed by atoms with Crippen LogP contribution in [0.3, 0.4) is 0 Å². The van der Waals surface area contributed by atoms with E-state index in [1.807, 2.05) is 30.5 Å². The number of fused-ring (bicyclic) bond motifs is 1. The fourth-order valence-corrected chi connectivity index (χ4v) is 3.20. The summed E-state index contributed by atoms with van der Waals surface area (Å²) in [6.07, 6.45) is 2.99. The normalized spacial score (nSPS) is 11.6. The van der Waals surface area contributed by atoms with Crippen LogP contribution in [0.2, 0.25) is 0 Å². The van der Waals surface area contributed by atoms with E-state index in [0.717, 1.165) is 36.0 Å². The van der Waals surface area contributed by atoms with Crippen molar-refractivity contribution in [3.8, 4) is 0 Å². The zero-order chi connectivity index (χ0) is 22.1. The van der Waals surface area contributed by atoms with E-state index in [4.69, 9.17) is 5.11 Å². The number of carbonyl (C=O) groups excluding carboxylic acids is 2. The average Bonchev–Trinajstić information content (AvgIpc) is 2.71. The molecular weight excluding hydrogens is 386 g/mol. The van der Waals surface area contributed by atoms with E-state index >= 15 is 0 Å². The monoisotopic (exact) mass is 415 g/mol. The highest BCUT2D eigenvalue weighted by Gasteiger charge is 2.16. The molecule has 0 saturated heterocycles. The van der Waals surface area contributed by atoms with Gasteiger partial charge in [0.25, 0.3) is 5.91 Å². The average molecular weight is 415 g/mol. The summed E-state index contributed by atoms with van der Waals surface area (Å²) in [6.45, 7) is 5.83. The highest BCUT2D eigenvalue weighted by Crippen LogP contribution is 2.17. The Bertz CT molecular complexity index is 997. The van der Waals surface area contributed by atoms with E-state index < -0.39 is 11.9 Å². The molecule has 9 heteroatoms. The SMILES string of the molecule is CNC(=O)c1nc2cc(C)c(C)cc2n(CCNCCCCCC(=O)O)c1=NC=O. The van der Waals surface area contributed by atoms with E-state index in [1.54, 1.807) is 0 Å². The number of carboxylic acids is 1. The number of hydrogen-bond donors (Lipinski definition) is 3. The molecule has 2 amide bonds. The number of unbranched alkanes of at least 4 members (excludes halogenated alkanes) is 2. The number of aliphatic carboxylic acids is 1. The van der Waals surface area contributed by atoms with Gasteiger partial charge in [0.1, 0.15) is 0 Å². The van der Waals surface area contributed by atoms with Crippen molar-refractivity contribution in [1.82, 2.24) is 20.2 Å². The molecule has 0 aliphatic carbocycles. The molecule has 0 aliphatic heterocycles. The first-order chi connectivity index (χ1) is 14.4. The number of hydrogen-bond acceptors (Lipinski definition) is 5. The highest BCUT2D eigenvalue weighted by atomic mass is 16.4. The molecule has 0 fully saturated rings. The largest absolute Gasteiger partial charge is 0.481 e. The van der Waals surface area contributed by atoms with Gasteiger partial charge in [-0.15, -0.1) is 0 Å². The second kappa shape index (κ2) is 11.2. The highest BCUT2D eigenvalue weighted by molar-refractivity contribution is 5.93. The molecule has 0 saturated carbocycles. The molecule has 0 radical (unpaired) electrons. The van der Waals surface area contributed by atoms with Gasteiger partial charge in [-0.25, -0.2) is 4.98 Å². The molecule has 1 heterocycles. The third-order valence-corrected chi connectivity index (χ3v) is 4.95. The summed E-state index contributed by atoms with van der Waals surface area (Å²) < 4.78 is 1.84. The summed E-state index contributed by atoms with van der Waals surface area (Å²) in [7, 11) is 1.51. The summed E-state index contributed by atoms with van der Waals surface area (Å²) >= 11 is 0. The summed E-state index contributed by atoms with van der Waals surface area (Å²) in [5.41, 5.74) is 3.93. The molecule has 162 valence electrons. The van der Waals surface area contributed by atoms with Crippen molar-refractivity contribution >= 4 is 29.3 Å². The lowest BCUT2D eigenvalue weighted by atomic mass is 10.1. The quantitative estimate of drug-likeness (QED) is 0.375. The summed E-state index contributed by atoms with van der Waals surface area (Å²) in [6, 6.07) is 3.91. The van der Waals surface area contributed by atoms with Crippen LogP contribution in [-0.4, -0.2) is 53.1 Å². The van der Waals surface area contributed by atoms with Crippen molar-refractivity contribution in [3.63, 3.8) is 0 Å². The molecule has 0 spiro atoms. The van der Waals surface area contributed by atoms with Gasteiger partial charge in [0.15, 0.2) is 11.2 Å². The van der Waals surface area contributed by atoms with E-state index in [0.29, 0.717) is 31.4 Å². The molecule has 0 bridgehead atoms. The van der Waals surface area contributed by atoms with Crippen LogP contribution in [0.15, 0.2) is 17.1 Å². The topological polar surface area (TPSA) is 126 Å². The minimum Gasteiger partial charge on any atom is -0.481 e. The van der Waals surface area contributed by atoms with E-state index in [1.165, 1.54) is 7.05 Å². The van der Waals surface area contributed by atoms with Gasteiger partial charge in [0, 0.05) is 26.6 Å². The minimum absolute atomic E-state index is 0.106. The van der Waals surface area contributed by atoms with Crippen LogP contribution in [0.25, 0.3) is 11.0 Å². The van der Waals surface area contributed by atoms with Crippen LogP contribution < -0.4 is 16.1 Å². The summed E-state index contributed by atoms with van der Waals surface area (Å²) in [5.74, 6) is -1.18. The maximum Gasteiger partial charge on any atom is 0.303 e. The maximum atomic E-state index is 12.4. The number of nitrogens with one attached hydrogen (secondary N) is 2. The third-order valence-electron chi connectivity index (χ3n) is 4.95. The zero-order valence-corrected chi connectivity index (χ0v) is 17.7. The molecule has 3 N–H and O–H groups in total. The van der Waals surface area contributed by atoms with E-state index in [2.05, 4.69) is 20.6 Å². The van der Waals surface area contributed by atoms with Crippen LogP contribution in [0.1, 0.15) is 47.3 Å². The Morgan fingerprint density at radius 2 is 1.90 bits per heavy atom. The van der Waals surface area contributed by atoms with Gasteiger partial charge in [-0.05, 0) is 56.5 Å². The lowest BCUT2D eigenvalue weighted by Gasteiger charge is -2.16. The van der Waals surface area contributed by atoms with Gasteiger partial charge < -0.3 is 20.3 Å². The molecule has 0 atom stereocenters. The van der Waals surface area contributed by atoms with Gasteiger partial charge in [-0.1, -0.05) is 6.42 Å². The Morgan fingerprint density at radius 1 is 1.17 bits per heavy atom. The second-order valence-electron chi connectivity index (χ2n) is 7.13. The minimum atomic E-state index is -0.771. The van der Waals surface area contributed by atoms with Crippen molar-refractivity contribution in [1.29, 1.82) is 0 Å². The lowest BCUT2D eigenvalue weighted by Crippen LogP contribution is -2.36. The number of carboxylic acid groups (broad SMARTS) is 1. The van der Waals surface area contributed by atoms with Crippen LogP contribution in [0.5, 0.6) is 0 Å². The summed E-state index contributed by atoms with van der Waals surface area (Å²) in [4.78, 5) is 42.5. The van der Waals surface area contributed by atoms with Gasteiger partial charge in [0.05, 0.1) is 11.0 Å². The smallest absolute Gasteiger partial charge is 0.303 e. The van der Waals surface area contributed by atoms with Gasteiger partial charge in [0.2, 0.25) is 6.41 Å². The van der Waals surface area contributed by atoms with Crippen LogP contribution in [0, 0.1) is 13.8 Å². The van der Waals surface area contributed by atoms with Gasteiger partial charge in [-0.3, -0.25) is 14.4 Å². The molecule has 9 nitrogen and oxygen atoms in total. The second-order valence-corrected chi connectivity index (χ2v) is 7.13. The first kappa shape index (κ1) is 23.2. The molecule has 1 aromatic heterocycles. The number of carbonyl (C=O) groups is 3. The van der Waals surface area contributed by atoms with Crippen molar-refractivity contribution < 1.29 is 19.5 Å². The molecular formula is C21H29N5O4. The van der Waals surface area contributed by atoms with Crippen molar-refractivity contribution in [3.05, 3.63) is 34.4 Å². The first-order valence-corrected chi connectivity index (χ1v) is 10.0. The molecule has 30 heavy (non-hydrogen) atoms. The predicted octanol–water partition coefficient (Wildman–Crippen LogP) is 1.30. The fraction of sp³-hybridized carbons (Fsp3) is 0.476. The molecule has 2 rings (SSSR count). The fourth-order valence-electron chi connectivity index (χ4n) is 3.20. The molecule has 2 aromatic rings. The van der Waals surface area contributed by atoms with Crippen LogP contribution in [-0.2, 0) is 16.1 Å². The number of rotatable bonds is 11. The van der Waals surface area contributed by atoms with Crippen molar-refractivity contribution in [2.75, 3.05) is 20.1 Å². The van der Waals surface area contributed by atoms with E-state index in [9.17, 15) is 14.4 Å². The van der Waals surface area contributed by atoms with Gasteiger partial charge >= 0.3 is 5.97 Å². The first-order valence-electron chi connectivity index (χ1n) is 10.0. The Balaban J connectivity index is 2.27. The number of aromatic nitrogens is 2. The Morgan fingerprint density at radius 3 is 2.57 bits per heavy atom. The Hall–Kier alpha value is -3.07. The molecule has 0 unspecified atom stereocenters. The van der Waals surface area contributed by atoms with Gasteiger partial charge in [-0.2, -0.15) is 4.99 Å². The number of amides is 2. The van der Waals surface area contributed by atoms with Crippen LogP contribution >= 0.6 is 0 Å². The Kier molecular flexibility index (Phi) is 8.67. The van der Waals surface area contributed by atoms with Crippen molar-refractivity contribution in [2.24, 2.45) is 4.99 Å². The number of benzene rings is 1.